The second kappa shape index (κ2) is 9.27. The first-order chi connectivity index (χ1) is 10.1. The van der Waals surface area contributed by atoms with Crippen molar-refractivity contribution in [1.82, 2.24) is 4.90 Å². The van der Waals surface area contributed by atoms with E-state index < -0.39 is 0 Å². The van der Waals surface area contributed by atoms with Crippen LogP contribution in [0.3, 0.4) is 0 Å². The molecule has 118 valence electrons. The van der Waals surface area contributed by atoms with Crippen LogP contribution in [-0.4, -0.2) is 37.0 Å². The molecule has 0 fully saturated rings. The van der Waals surface area contributed by atoms with Gasteiger partial charge in [-0.15, -0.1) is 0 Å². The van der Waals surface area contributed by atoms with Gasteiger partial charge in [-0.05, 0) is 38.3 Å². The summed E-state index contributed by atoms with van der Waals surface area (Å²) in [4.78, 5) is 13.8. The molecule has 0 aromatic heterocycles. The van der Waals surface area contributed by atoms with E-state index in [-0.39, 0.29) is 5.91 Å². The zero-order valence-electron chi connectivity index (χ0n) is 13.7. The largest absolute Gasteiger partial charge is 0.494 e. The van der Waals surface area contributed by atoms with Crippen LogP contribution in [0.2, 0.25) is 0 Å². The summed E-state index contributed by atoms with van der Waals surface area (Å²) in [5.41, 5.74) is 0.914. The van der Waals surface area contributed by atoms with Crippen molar-refractivity contribution in [2.45, 2.75) is 34.1 Å². The van der Waals surface area contributed by atoms with Crippen LogP contribution in [0.5, 0.6) is 5.75 Å². The molecule has 1 N–H and O–H groups in total. The number of amides is 1. The van der Waals surface area contributed by atoms with Crippen LogP contribution in [0, 0.1) is 5.92 Å². The highest BCUT2D eigenvalue weighted by Crippen LogP contribution is 2.17. The maximum absolute atomic E-state index is 11.9. The lowest BCUT2D eigenvalue weighted by atomic mass is 10.1. The van der Waals surface area contributed by atoms with Crippen LogP contribution in [0.4, 0.5) is 5.69 Å². The lowest BCUT2D eigenvalue weighted by Gasteiger charge is -2.19. The van der Waals surface area contributed by atoms with Gasteiger partial charge in [0.05, 0.1) is 13.2 Å². The standard InChI is InChI=1S/C17H28N2O2/c1-5-19(6-2)17(20)13-18-15-8-7-9-16(12-15)21-11-10-14(3)4/h7-9,12,14,18H,5-6,10-11,13H2,1-4H3. The number of nitrogens with one attached hydrogen (secondary N) is 1. The highest BCUT2D eigenvalue weighted by Gasteiger charge is 2.08. The molecule has 0 atom stereocenters. The summed E-state index contributed by atoms with van der Waals surface area (Å²) < 4.78 is 5.72. The van der Waals surface area contributed by atoms with E-state index in [2.05, 4.69) is 19.2 Å². The van der Waals surface area contributed by atoms with Gasteiger partial charge >= 0.3 is 0 Å². The first-order valence-corrected chi connectivity index (χ1v) is 7.81. The number of likely N-dealkylation sites (N-methyl/N-ethyl adjacent to an activating group) is 1. The van der Waals surface area contributed by atoms with Crippen molar-refractivity contribution in [2.24, 2.45) is 5.92 Å². The van der Waals surface area contributed by atoms with Crippen molar-refractivity contribution in [1.29, 1.82) is 0 Å². The van der Waals surface area contributed by atoms with Gasteiger partial charge in [-0.25, -0.2) is 0 Å². The van der Waals surface area contributed by atoms with Crippen molar-refractivity contribution in [3.63, 3.8) is 0 Å². The molecule has 0 aliphatic heterocycles. The summed E-state index contributed by atoms with van der Waals surface area (Å²) in [6.45, 7) is 10.9. The molecule has 4 heteroatoms. The van der Waals surface area contributed by atoms with Crippen LogP contribution >= 0.6 is 0 Å². The Labute approximate surface area is 128 Å². The number of hydrogen-bond acceptors (Lipinski definition) is 3. The number of carbonyl (C=O) groups is 1. The number of benzene rings is 1. The number of nitrogens with zero attached hydrogens (tertiary/aromatic N) is 1. The third kappa shape index (κ3) is 6.52. The van der Waals surface area contributed by atoms with Crippen molar-refractivity contribution < 1.29 is 9.53 Å². The Morgan fingerprint density at radius 1 is 1.29 bits per heavy atom. The molecule has 0 radical (unpaired) electrons. The summed E-state index contributed by atoms with van der Waals surface area (Å²) in [5.74, 6) is 1.60. The van der Waals surface area contributed by atoms with Crippen LogP contribution < -0.4 is 10.1 Å². The van der Waals surface area contributed by atoms with E-state index in [1.807, 2.05) is 43.0 Å². The minimum Gasteiger partial charge on any atom is -0.494 e. The predicted molar refractivity (Wildman–Crippen MR) is 87.8 cm³/mol. The fourth-order valence-electron chi connectivity index (χ4n) is 1.97. The average Bonchev–Trinajstić information content (AvgIpc) is 2.46. The summed E-state index contributed by atoms with van der Waals surface area (Å²) in [6, 6.07) is 7.77. The second-order valence-corrected chi connectivity index (χ2v) is 5.48. The fraction of sp³-hybridized carbons (Fsp3) is 0.588. The fourth-order valence-corrected chi connectivity index (χ4v) is 1.97. The molecule has 1 amide bonds. The quantitative estimate of drug-likeness (QED) is 0.758. The molecule has 4 nitrogen and oxygen atoms in total. The Bertz CT molecular complexity index is 429. The van der Waals surface area contributed by atoms with E-state index in [0.717, 1.165) is 37.6 Å². The lowest BCUT2D eigenvalue weighted by molar-refractivity contribution is -0.128. The van der Waals surface area contributed by atoms with Crippen LogP contribution in [0.25, 0.3) is 0 Å². The van der Waals surface area contributed by atoms with Crippen molar-refractivity contribution >= 4 is 11.6 Å². The monoisotopic (exact) mass is 292 g/mol. The Morgan fingerprint density at radius 2 is 2.00 bits per heavy atom. The minimum atomic E-state index is 0.117. The number of carbonyl (C=O) groups excluding carboxylic acids is 1. The zero-order chi connectivity index (χ0) is 15.7. The molecule has 0 saturated heterocycles. The van der Waals surface area contributed by atoms with Gasteiger partial charge in [-0.2, -0.15) is 0 Å². The van der Waals surface area contributed by atoms with E-state index in [1.54, 1.807) is 0 Å². The first-order valence-electron chi connectivity index (χ1n) is 7.81. The maximum atomic E-state index is 11.9. The summed E-state index contributed by atoms with van der Waals surface area (Å²) in [7, 11) is 0. The van der Waals surface area contributed by atoms with Gasteiger partial charge in [0.25, 0.3) is 0 Å². The molecule has 0 aliphatic carbocycles. The third-order valence-electron chi connectivity index (χ3n) is 3.36. The summed E-state index contributed by atoms with van der Waals surface area (Å²) in [5, 5.41) is 3.16. The maximum Gasteiger partial charge on any atom is 0.241 e. The van der Waals surface area contributed by atoms with Crippen molar-refractivity contribution in [2.75, 3.05) is 31.6 Å². The summed E-state index contributed by atoms with van der Waals surface area (Å²) >= 11 is 0. The molecular weight excluding hydrogens is 264 g/mol. The molecule has 0 heterocycles. The molecule has 0 bridgehead atoms. The predicted octanol–water partition coefficient (Wildman–Crippen LogP) is 3.39. The highest BCUT2D eigenvalue weighted by atomic mass is 16.5. The molecule has 1 rings (SSSR count). The van der Waals surface area contributed by atoms with Crippen LogP contribution in [0.1, 0.15) is 34.1 Å². The van der Waals surface area contributed by atoms with Gasteiger partial charge in [0.15, 0.2) is 0 Å². The Morgan fingerprint density at radius 3 is 2.62 bits per heavy atom. The van der Waals surface area contributed by atoms with Crippen LogP contribution in [-0.2, 0) is 4.79 Å². The van der Waals surface area contributed by atoms with E-state index in [4.69, 9.17) is 4.74 Å². The van der Waals surface area contributed by atoms with E-state index in [9.17, 15) is 4.79 Å². The third-order valence-corrected chi connectivity index (χ3v) is 3.36. The number of rotatable bonds is 9. The number of hydrogen-bond donors (Lipinski definition) is 1. The molecular formula is C17H28N2O2. The topological polar surface area (TPSA) is 41.6 Å². The van der Waals surface area contributed by atoms with Crippen molar-refractivity contribution in [3.05, 3.63) is 24.3 Å². The Kier molecular flexibility index (Phi) is 7.65. The van der Waals surface area contributed by atoms with Gasteiger partial charge in [0.1, 0.15) is 5.75 Å². The first kappa shape index (κ1) is 17.3. The molecule has 1 aromatic rings. The van der Waals surface area contributed by atoms with Crippen LogP contribution in [0.15, 0.2) is 24.3 Å². The summed E-state index contributed by atoms with van der Waals surface area (Å²) in [6.07, 6.45) is 1.04. The molecule has 1 aromatic carbocycles. The lowest BCUT2D eigenvalue weighted by Crippen LogP contribution is -2.35. The molecule has 0 saturated carbocycles. The Hall–Kier alpha value is -1.71. The minimum absolute atomic E-state index is 0.117. The highest BCUT2D eigenvalue weighted by molar-refractivity contribution is 5.80. The van der Waals surface area contributed by atoms with Gasteiger partial charge in [0.2, 0.25) is 5.91 Å². The normalized spacial score (nSPS) is 10.5. The smallest absolute Gasteiger partial charge is 0.241 e. The SMILES string of the molecule is CCN(CC)C(=O)CNc1cccc(OCCC(C)C)c1. The molecule has 0 spiro atoms. The van der Waals surface area contributed by atoms with Gasteiger partial charge in [-0.1, -0.05) is 19.9 Å². The van der Waals surface area contributed by atoms with E-state index in [1.165, 1.54) is 0 Å². The molecule has 0 unspecified atom stereocenters. The van der Waals surface area contributed by atoms with E-state index in [0.29, 0.717) is 12.5 Å². The molecule has 21 heavy (non-hydrogen) atoms. The Balaban J connectivity index is 2.47. The van der Waals surface area contributed by atoms with Gasteiger partial charge < -0.3 is 15.0 Å². The molecule has 0 aliphatic rings. The van der Waals surface area contributed by atoms with E-state index >= 15 is 0 Å². The van der Waals surface area contributed by atoms with Gasteiger partial charge in [-0.3, -0.25) is 4.79 Å². The second-order valence-electron chi connectivity index (χ2n) is 5.48. The average molecular weight is 292 g/mol. The number of ether oxygens (including phenoxy) is 1. The van der Waals surface area contributed by atoms with Crippen molar-refractivity contribution in [3.8, 4) is 5.75 Å². The zero-order valence-corrected chi connectivity index (χ0v) is 13.7. The number of anilines is 1. The van der Waals surface area contributed by atoms with Gasteiger partial charge in [0, 0.05) is 24.8 Å².